The highest BCUT2D eigenvalue weighted by Crippen LogP contribution is 2.46. The SMILES string of the molecule is c1ccc(-c2ccc(-c3ccc(N(c4ccc(-c5cccc6c5oc5ccccc56)cc4)c4ccc(-c5cccc6c5oc5ccccc56)cc4)cc3)cc2)cc1.c1ccc(-c2ccc(N(c3ccc(-c4cccc5c4oc4ccccc45)cc3)c3ccc4c5ccccc5c5ccccc5c4c3)cc2)cc1. The zero-order valence-corrected chi connectivity index (χ0v) is 58.2. The zero-order chi connectivity index (χ0) is 70.7. The van der Waals surface area contributed by atoms with Gasteiger partial charge in [-0.25, -0.2) is 0 Å². The summed E-state index contributed by atoms with van der Waals surface area (Å²) in [4.78, 5) is 4.68. The van der Waals surface area contributed by atoms with Crippen LogP contribution in [0.4, 0.5) is 34.1 Å². The van der Waals surface area contributed by atoms with E-state index in [2.05, 4.69) is 374 Å². The molecule has 502 valence electrons. The molecule has 0 spiro atoms. The van der Waals surface area contributed by atoms with E-state index in [1.54, 1.807) is 0 Å². The van der Waals surface area contributed by atoms with Crippen LogP contribution in [0.2, 0.25) is 0 Å². The Labute approximate surface area is 618 Å². The van der Waals surface area contributed by atoms with Crippen molar-refractivity contribution in [1.29, 1.82) is 0 Å². The minimum Gasteiger partial charge on any atom is -0.455 e. The van der Waals surface area contributed by atoms with Crippen LogP contribution in [-0.4, -0.2) is 0 Å². The number of hydrogen-bond donors (Lipinski definition) is 0. The van der Waals surface area contributed by atoms with Gasteiger partial charge in [0.05, 0.1) is 0 Å². The fraction of sp³-hybridized carbons (Fsp3) is 0. The Morgan fingerprint density at radius 1 is 0.140 bits per heavy atom. The van der Waals surface area contributed by atoms with Crippen LogP contribution in [0.25, 0.3) is 165 Å². The Balaban J connectivity index is 0.000000143. The lowest BCUT2D eigenvalue weighted by Crippen LogP contribution is -2.10. The molecule has 21 rings (SSSR count). The predicted molar refractivity (Wildman–Crippen MR) is 449 cm³/mol. The Bertz CT molecular complexity index is 6690. The molecular weight excluding hydrogens is 1300 g/mol. The normalized spacial score (nSPS) is 11.6. The van der Waals surface area contributed by atoms with Crippen LogP contribution in [0.15, 0.2) is 414 Å². The van der Waals surface area contributed by atoms with Crippen LogP contribution in [0.5, 0.6) is 0 Å². The fourth-order valence-electron chi connectivity index (χ4n) is 15.9. The van der Waals surface area contributed by atoms with Gasteiger partial charge in [-0.15, -0.1) is 0 Å². The molecule has 0 saturated carbocycles. The van der Waals surface area contributed by atoms with E-state index in [4.69, 9.17) is 13.3 Å². The van der Waals surface area contributed by atoms with Gasteiger partial charge in [-0.1, -0.05) is 309 Å². The molecule has 0 N–H and O–H groups in total. The van der Waals surface area contributed by atoms with Crippen molar-refractivity contribution < 1.29 is 13.3 Å². The maximum atomic E-state index is 6.41. The molecule has 0 amide bonds. The summed E-state index contributed by atoms with van der Waals surface area (Å²) < 4.78 is 19.2. The molecule has 0 aliphatic rings. The molecule has 5 heteroatoms. The van der Waals surface area contributed by atoms with E-state index in [-0.39, 0.29) is 0 Å². The molecule has 0 aliphatic heterocycles. The molecule has 0 saturated heterocycles. The van der Waals surface area contributed by atoms with Crippen LogP contribution in [0.3, 0.4) is 0 Å². The van der Waals surface area contributed by atoms with Crippen molar-refractivity contribution in [2.24, 2.45) is 0 Å². The third-order valence-electron chi connectivity index (χ3n) is 21.2. The second kappa shape index (κ2) is 26.5. The lowest BCUT2D eigenvalue weighted by Gasteiger charge is -2.26. The second-order valence-corrected chi connectivity index (χ2v) is 27.4. The van der Waals surface area contributed by atoms with Gasteiger partial charge in [0.2, 0.25) is 0 Å². The van der Waals surface area contributed by atoms with E-state index in [9.17, 15) is 0 Å². The zero-order valence-electron chi connectivity index (χ0n) is 58.2. The van der Waals surface area contributed by atoms with Crippen molar-refractivity contribution in [3.8, 4) is 66.8 Å². The maximum Gasteiger partial charge on any atom is 0.143 e. The van der Waals surface area contributed by atoms with Crippen molar-refractivity contribution >= 4 is 132 Å². The van der Waals surface area contributed by atoms with Crippen molar-refractivity contribution in [3.05, 3.63) is 400 Å². The first-order chi connectivity index (χ1) is 53.0. The van der Waals surface area contributed by atoms with Crippen molar-refractivity contribution in [2.45, 2.75) is 0 Å². The number of nitrogens with zero attached hydrogens (tertiary/aromatic N) is 2. The molecule has 107 heavy (non-hydrogen) atoms. The number of benzene rings is 18. The number of hydrogen-bond acceptors (Lipinski definition) is 5. The molecule has 0 bridgehead atoms. The smallest absolute Gasteiger partial charge is 0.143 e. The van der Waals surface area contributed by atoms with E-state index < -0.39 is 0 Å². The van der Waals surface area contributed by atoms with Crippen LogP contribution in [0, 0.1) is 0 Å². The predicted octanol–water partition coefficient (Wildman–Crippen LogP) is 29.5. The Kier molecular flexibility index (Phi) is 15.5. The fourth-order valence-corrected chi connectivity index (χ4v) is 15.9. The largest absolute Gasteiger partial charge is 0.455 e. The number of para-hydroxylation sites is 6. The summed E-state index contributed by atoms with van der Waals surface area (Å²) in [6.45, 7) is 0. The highest BCUT2D eigenvalue weighted by Gasteiger charge is 2.21. The summed E-state index contributed by atoms with van der Waals surface area (Å²) in [5.41, 5.74) is 25.7. The first-order valence-corrected chi connectivity index (χ1v) is 36.4. The monoisotopic (exact) mass is 1370 g/mol. The quantitative estimate of drug-likeness (QED) is 0.114. The lowest BCUT2D eigenvalue weighted by atomic mass is 9.94. The third-order valence-corrected chi connectivity index (χ3v) is 21.2. The average Bonchev–Trinajstić information content (AvgIpc) is 1.65. The summed E-state index contributed by atoms with van der Waals surface area (Å²) in [5.74, 6) is 0. The Morgan fingerprint density at radius 2 is 0.364 bits per heavy atom. The average molecular weight is 1370 g/mol. The van der Waals surface area contributed by atoms with Crippen molar-refractivity contribution in [2.75, 3.05) is 9.80 Å². The molecule has 0 radical (unpaired) electrons. The first kappa shape index (κ1) is 62.5. The second-order valence-electron chi connectivity index (χ2n) is 27.4. The molecule has 0 aliphatic carbocycles. The minimum atomic E-state index is 0.901. The van der Waals surface area contributed by atoms with Gasteiger partial charge >= 0.3 is 0 Å². The van der Waals surface area contributed by atoms with E-state index in [0.29, 0.717) is 0 Å². The van der Waals surface area contributed by atoms with Crippen LogP contribution < -0.4 is 9.80 Å². The Hall–Kier alpha value is -14.3. The summed E-state index contributed by atoms with van der Waals surface area (Å²) in [6, 6.07) is 143. The lowest BCUT2D eigenvalue weighted by molar-refractivity contribution is 0.669. The van der Waals surface area contributed by atoms with Crippen LogP contribution in [-0.2, 0) is 0 Å². The van der Waals surface area contributed by atoms with Gasteiger partial charge in [-0.05, 0) is 173 Å². The van der Waals surface area contributed by atoms with Gasteiger partial charge in [0.15, 0.2) is 0 Å². The van der Waals surface area contributed by atoms with Gasteiger partial charge in [0.25, 0.3) is 0 Å². The molecule has 18 aromatic carbocycles. The van der Waals surface area contributed by atoms with Gasteiger partial charge < -0.3 is 23.1 Å². The summed E-state index contributed by atoms with van der Waals surface area (Å²) in [5, 5.41) is 14.4. The molecule has 0 unspecified atom stereocenters. The highest BCUT2D eigenvalue weighted by atomic mass is 16.3. The topological polar surface area (TPSA) is 45.9 Å². The Morgan fingerprint density at radius 3 is 0.692 bits per heavy atom. The molecule has 3 heterocycles. The number of furan rings is 3. The molecule has 0 fully saturated rings. The van der Waals surface area contributed by atoms with Gasteiger partial charge in [-0.2, -0.15) is 0 Å². The first-order valence-electron chi connectivity index (χ1n) is 36.4. The number of fused-ring (bicyclic) bond motifs is 15. The molecule has 5 nitrogen and oxygen atoms in total. The molecule has 21 aromatic rings. The highest BCUT2D eigenvalue weighted by molar-refractivity contribution is 6.26. The number of anilines is 6. The summed E-state index contributed by atoms with van der Waals surface area (Å²) >= 11 is 0. The summed E-state index contributed by atoms with van der Waals surface area (Å²) in [6.07, 6.45) is 0. The number of rotatable bonds is 12. The van der Waals surface area contributed by atoms with E-state index in [0.717, 1.165) is 133 Å². The maximum absolute atomic E-state index is 6.41. The van der Waals surface area contributed by atoms with Crippen LogP contribution >= 0.6 is 0 Å². The van der Waals surface area contributed by atoms with Crippen molar-refractivity contribution in [3.63, 3.8) is 0 Å². The van der Waals surface area contributed by atoms with Gasteiger partial charge in [0, 0.05) is 83.1 Å². The molecule has 0 atom stereocenters. The third kappa shape index (κ3) is 11.3. The molecule has 3 aromatic heterocycles. The van der Waals surface area contributed by atoms with Crippen molar-refractivity contribution in [1.82, 2.24) is 0 Å². The minimum absolute atomic E-state index is 0.901. The summed E-state index contributed by atoms with van der Waals surface area (Å²) in [7, 11) is 0. The van der Waals surface area contributed by atoms with Gasteiger partial charge in [0.1, 0.15) is 33.5 Å². The molecular formula is C102H66N2O3. The van der Waals surface area contributed by atoms with E-state index >= 15 is 0 Å². The van der Waals surface area contributed by atoms with E-state index in [1.807, 2.05) is 36.4 Å². The van der Waals surface area contributed by atoms with Gasteiger partial charge in [-0.3, -0.25) is 0 Å². The van der Waals surface area contributed by atoms with Crippen LogP contribution in [0.1, 0.15) is 0 Å². The van der Waals surface area contributed by atoms with E-state index in [1.165, 1.54) is 65.7 Å². The standard InChI is InChI=1S/C54H35NO2.C48H31NO/c1-2-10-36(11-3-1)37-20-22-38(23-21-37)39-24-30-42(31-25-39)55(43-32-26-40(27-33-43)45-14-8-16-49-47-12-4-6-18-51(47)56-53(45)49)44-34-28-41(29-35-44)46-15-9-17-50-48-13-5-7-19-52(48)57-54(46)50;1-2-11-32(12-3-1)33-21-25-35(26-22-33)49(37-29-30-43-41-15-5-4-13-39(41)40-14-6-7-16-42(40)46(43)31-37)36-27-23-34(24-28-36)38-18-10-19-45-44-17-8-9-20-47(44)50-48(38)45/h1-35H;1-31H.